The van der Waals surface area contributed by atoms with E-state index >= 15 is 4.39 Å². The van der Waals surface area contributed by atoms with Crippen LogP contribution in [0.25, 0.3) is 11.0 Å². The Morgan fingerprint density at radius 2 is 1.77 bits per heavy atom. The fourth-order valence-electron chi connectivity index (χ4n) is 4.27. The Morgan fingerprint density at radius 3 is 2.55 bits per heavy atom. The number of anilines is 1. The second-order valence-electron chi connectivity index (χ2n) is 9.25. The third kappa shape index (κ3) is 6.03. The first-order valence-electron chi connectivity index (χ1n) is 12.4. The van der Waals surface area contributed by atoms with Crippen LogP contribution in [0.3, 0.4) is 0 Å². The fraction of sp³-hybridized carbons (Fsp3) is 0.133. The Balaban J connectivity index is 1.37. The highest BCUT2D eigenvalue weighted by molar-refractivity contribution is 7.90. The molecule has 8 nitrogen and oxygen atoms in total. The maximum atomic E-state index is 15.4. The van der Waals surface area contributed by atoms with Crippen molar-refractivity contribution < 1.29 is 22.0 Å². The predicted octanol–water partition coefficient (Wildman–Crippen LogP) is 5.77. The molecule has 0 aliphatic rings. The monoisotopic (exact) mass is 559 g/mol. The van der Waals surface area contributed by atoms with E-state index in [2.05, 4.69) is 14.4 Å². The fourth-order valence-corrected chi connectivity index (χ4v) is 5.15. The molecule has 0 saturated heterocycles. The van der Waals surface area contributed by atoms with Gasteiger partial charge >= 0.3 is 5.63 Å². The molecular formula is C30H26FN3O5S. The van der Waals surface area contributed by atoms with Gasteiger partial charge in [0, 0.05) is 41.7 Å². The molecule has 2 heterocycles. The highest BCUT2D eigenvalue weighted by atomic mass is 32.2. The molecular weight excluding hydrogens is 533 g/mol. The van der Waals surface area contributed by atoms with E-state index in [0.29, 0.717) is 28.2 Å². The number of nitrogens with one attached hydrogen (secondary N) is 2. The largest absolute Gasteiger partial charge is 0.439 e. The summed E-state index contributed by atoms with van der Waals surface area (Å²) in [6, 6.07) is 22.1. The van der Waals surface area contributed by atoms with Crippen molar-refractivity contribution in [2.45, 2.75) is 26.8 Å². The first kappa shape index (κ1) is 27.0. The molecule has 0 spiro atoms. The normalized spacial score (nSPS) is 11.5. The summed E-state index contributed by atoms with van der Waals surface area (Å²) in [6.07, 6.45) is 1.54. The van der Waals surface area contributed by atoms with Crippen LogP contribution in [0, 0.1) is 19.7 Å². The zero-order chi connectivity index (χ0) is 28.3. The van der Waals surface area contributed by atoms with Crippen molar-refractivity contribution >= 4 is 26.9 Å². The first-order valence-corrected chi connectivity index (χ1v) is 13.9. The molecule has 0 saturated carbocycles. The van der Waals surface area contributed by atoms with E-state index in [1.807, 2.05) is 25.1 Å². The van der Waals surface area contributed by atoms with Gasteiger partial charge in [0.15, 0.2) is 5.82 Å². The summed E-state index contributed by atoms with van der Waals surface area (Å²) < 4.78 is 56.6. The lowest BCUT2D eigenvalue weighted by molar-refractivity contribution is 0.457. The third-order valence-corrected chi connectivity index (χ3v) is 7.45. The second kappa shape index (κ2) is 11.3. The number of aromatic nitrogens is 1. The summed E-state index contributed by atoms with van der Waals surface area (Å²) in [4.78, 5) is 17.2. The van der Waals surface area contributed by atoms with Gasteiger partial charge < -0.3 is 9.15 Å². The van der Waals surface area contributed by atoms with Crippen LogP contribution in [0.15, 0.2) is 94.3 Å². The Labute approximate surface area is 230 Å². The Hall–Kier alpha value is -4.54. The van der Waals surface area contributed by atoms with Gasteiger partial charge in [0.1, 0.15) is 11.3 Å². The van der Waals surface area contributed by atoms with Crippen molar-refractivity contribution in [2.24, 2.45) is 0 Å². The van der Waals surface area contributed by atoms with Crippen LogP contribution in [0.2, 0.25) is 0 Å². The Morgan fingerprint density at radius 1 is 0.975 bits per heavy atom. The third-order valence-electron chi connectivity index (χ3n) is 6.43. The van der Waals surface area contributed by atoms with E-state index in [1.165, 1.54) is 18.2 Å². The van der Waals surface area contributed by atoms with Gasteiger partial charge in [-0.3, -0.25) is 4.72 Å². The van der Waals surface area contributed by atoms with Crippen molar-refractivity contribution in [1.82, 2.24) is 9.71 Å². The maximum absolute atomic E-state index is 15.4. The Bertz CT molecular complexity index is 1860. The van der Waals surface area contributed by atoms with Crippen molar-refractivity contribution in [3.05, 3.63) is 129 Å². The van der Waals surface area contributed by atoms with E-state index in [1.54, 1.807) is 55.6 Å². The van der Waals surface area contributed by atoms with Gasteiger partial charge in [-0.1, -0.05) is 48.5 Å². The van der Waals surface area contributed by atoms with Gasteiger partial charge in [0.05, 0.1) is 5.69 Å². The minimum atomic E-state index is -4.06. The molecule has 0 aliphatic carbocycles. The smallest absolute Gasteiger partial charge is 0.340 e. The standard InChI is InChI=1S/C30H26FN3O5S/c1-19-8-7-15-32-29(19)38-23-13-14-24-20(2)25(30(35)39-27(24)17-23)16-22-11-6-12-26(28(22)31)34-40(36,37)33-18-21-9-4-3-5-10-21/h3-15,17,33-34H,16,18H2,1-2H3. The van der Waals surface area contributed by atoms with Crippen molar-refractivity contribution in [3.8, 4) is 11.6 Å². The molecule has 3 aromatic carbocycles. The zero-order valence-corrected chi connectivity index (χ0v) is 22.6. The summed E-state index contributed by atoms with van der Waals surface area (Å²) in [5.41, 5.74) is 2.12. The molecule has 0 atom stereocenters. The van der Waals surface area contributed by atoms with E-state index in [-0.39, 0.29) is 29.8 Å². The van der Waals surface area contributed by atoms with Crippen LogP contribution in [-0.4, -0.2) is 13.4 Å². The molecule has 5 rings (SSSR count). The number of rotatable bonds is 9. The van der Waals surface area contributed by atoms with Gasteiger partial charge in [-0.05, 0) is 54.8 Å². The minimum Gasteiger partial charge on any atom is -0.439 e. The quantitative estimate of drug-likeness (QED) is 0.222. The van der Waals surface area contributed by atoms with E-state index in [4.69, 9.17) is 9.15 Å². The van der Waals surface area contributed by atoms with Crippen LogP contribution >= 0.6 is 0 Å². The molecule has 2 N–H and O–H groups in total. The number of aryl methyl sites for hydroxylation is 2. The first-order chi connectivity index (χ1) is 19.2. The average Bonchev–Trinajstić information content (AvgIpc) is 2.93. The van der Waals surface area contributed by atoms with Gasteiger partial charge in [-0.2, -0.15) is 13.1 Å². The number of nitrogens with zero attached hydrogens (tertiary/aromatic N) is 1. The lowest BCUT2D eigenvalue weighted by Crippen LogP contribution is -2.30. The number of hydrogen-bond donors (Lipinski definition) is 2. The number of hydrogen-bond acceptors (Lipinski definition) is 6. The number of fused-ring (bicyclic) bond motifs is 1. The lowest BCUT2D eigenvalue weighted by Gasteiger charge is -2.13. The summed E-state index contributed by atoms with van der Waals surface area (Å²) in [6.45, 7) is 3.68. The maximum Gasteiger partial charge on any atom is 0.340 e. The molecule has 2 aromatic heterocycles. The molecule has 40 heavy (non-hydrogen) atoms. The van der Waals surface area contributed by atoms with E-state index in [0.717, 1.165) is 11.1 Å². The number of benzene rings is 3. The average molecular weight is 560 g/mol. The topological polar surface area (TPSA) is 111 Å². The van der Waals surface area contributed by atoms with Crippen molar-refractivity contribution in [1.29, 1.82) is 0 Å². The summed E-state index contributed by atoms with van der Waals surface area (Å²) in [7, 11) is -4.06. The molecule has 0 radical (unpaired) electrons. The van der Waals surface area contributed by atoms with E-state index in [9.17, 15) is 13.2 Å². The highest BCUT2D eigenvalue weighted by Gasteiger charge is 2.19. The molecule has 0 unspecified atom stereocenters. The van der Waals surface area contributed by atoms with Crippen LogP contribution in [0.5, 0.6) is 11.6 Å². The molecule has 0 fully saturated rings. The minimum absolute atomic E-state index is 0.0447. The molecule has 5 aromatic rings. The van der Waals surface area contributed by atoms with Crippen LogP contribution in [0.4, 0.5) is 10.1 Å². The zero-order valence-electron chi connectivity index (χ0n) is 21.8. The molecule has 204 valence electrons. The lowest BCUT2D eigenvalue weighted by atomic mass is 9.99. The van der Waals surface area contributed by atoms with Crippen molar-refractivity contribution in [3.63, 3.8) is 0 Å². The summed E-state index contributed by atoms with van der Waals surface area (Å²) in [5, 5.41) is 0.669. The SMILES string of the molecule is Cc1cccnc1Oc1ccc2c(C)c(Cc3cccc(NS(=O)(=O)NCc4ccccc4)c3F)c(=O)oc2c1. The van der Waals surface area contributed by atoms with Crippen LogP contribution in [0.1, 0.15) is 27.8 Å². The van der Waals surface area contributed by atoms with Gasteiger partial charge in [-0.15, -0.1) is 0 Å². The van der Waals surface area contributed by atoms with Gasteiger partial charge in [0.25, 0.3) is 10.2 Å². The van der Waals surface area contributed by atoms with Crippen LogP contribution in [-0.2, 0) is 23.2 Å². The van der Waals surface area contributed by atoms with Gasteiger partial charge in [-0.25, -0.2) is 14.2 Å². The predicted molar refractivity (Wildman–Crippen MR) is 151 cm³/mol. The summed E-state index contributed by atoms with van der Waals surface area (Å²) >= 11 is 0. The van der Waals surface area contributed by atoms with Gasteiger partial charge in [0.2, 0.25) is 5.88 Å². The highest BCUT2D eigenvalue weighted by Crippen LogP contribution is 2.29. The number of pyridine rings is 1. The van der Waals surface area contributed by atoms with Crippen LogP contribution < -0.4 is 19.8 Å². The number of ether oxygens (including phenoxy) is 1. The molecule has 0 amide bonds. The summed E-state index contributed by atoms with van der Waals surface area (Å²) in [5.74, 6) is 0.122. The van der Waals surface area contributed by atoms with Crippen molar-refractivity contribution in [2.75, 3.05) is 4.72 Å². The Kier molecular flexibility index (Phi) is 7.63. The molecule has 0 aliphatic heterocycles. The van der Waals surface area contributed by atoms with E-state index < -0.39 is 21.7 Å². The molecule has 0 bridgehead atoms. The number of halogens is 1. The molecule has 10 heteroatoms. The second-order valence-corrected chi connectivity index (χ2v) is 10.7.